The van der Waals surface area contributed by atoms with Crippen LogP contribution in [0.25, 0.3) is 0 Å². The number of hydrogen-bond donors (Lipinski definition) is 0. The monoisotopic (exact) mass is 427 g/mol. The van der Waals surface area contributed by atoms with E-state index in [-0.39, 0.29) is 29.6 Å². The molecule has 1 fully saturated rings. The number of amides is 1. The number of alkyl halides is 3. The molecule has 6 nitrogen and oxygen atoms in total. The number of Topliss-reactive ketones (excluding diaryl/α,β-unsaturated/α-hetero) is 1. The number of ketones is 1. The number of carbonyl (C=O) groups excluding carboxylic acids is 2. The Balaban J connectivity index is 1.57. The molecule has 1 aliphatic heterocycles. The minimum Gasteiger partial charge on any atom is -0.416 e. The fraction of sp³-hybridized carbons (Fsp3) is 0.474. The van der Waals surface area contributed by atoms with Crippen molar-refractivity contribution in [2.45, 2.75) is 37.6 Å². The lowest BCUT2D eigenvalue weighted by Gasteiger charge is -2.32. The maximum Gasteiger partial charge on any atom is 0.416 e. The van der Waals surface area contributed by atoms with Gasteiger partial charge in [-0.2, -0.15) is 13.2 Å². The maximum atomic E-state index is 12.7. The highest BCUT2D eigenvalue weighted by Gasteiger charge is 2.32. The normalized spacial score (nSPS) is 17.4. The number of thioether (sulfide) groups is 1. The van der Waals surface area contributed by atoms with E-state index in [9.17, 15) is 22.8 Å². The second-order valence-electron chi connectivity index (χ2n) is 6.72. The van der Waals surface area contributed by atoms with E-state index in [1.165, 1.54) is 12.1 Å². The third kappa shape index (κ3) is 5.37. The molecule has 0 aliphatic carbocycles. The molecule has 0 unspecified atom stereocenters. The topological polar surface area (TPSA) is 76.3 Å². The van der Waals surface area contributed by atoms with Gasteiger partial charge in [-0.25, -0.2) is 0 Å². The molecule has 156 valence electrons. The molecule has 1 aliphatic rings. The number of likely N-dealkylation sites (tertiary alicyclic amines) is 1. The average molecular weight is 427 g/mol. The first-order valence-electron chi connectivity index (χ1n) is 9.22. The van der Waals surface area contributed by atoms with E-state index in [4.69, 9.17) is 4.42 Å². The maximum absolute atomic E-state index is 12.7. The highest BCUT2D eigenvalue weighted by Crippen LogP contribution is 2.30. The van der Waals surface area contributed by atoms with Crippen molar-refractivity contribution < 1.29 is 27.2 Å². The van der Waals surface area contributed by atoms with Gasteiger partial charge in [-0.1, -0.05) is 30.8 Å². The fourth-order valence-electron chi connectivity index (χ4n) is 3.13. The van der Waals surface area contributed by atoms with Gasteiger partial charge < -0.3 is 9.32 Å². The molecule has 10 heteroatoms. The molecule has 1 amide bonds. The number of piperidine rings is 1. The van der Waals surface area contributed by atoms with E-state index in [1.807, 2.05) is 6.92 Å². The molecule has 0 saturated carbocycles. The largest absolute Gasteiger partial charge is 0.416 e. The van der Waals surface area contributed by atoms with Crippen LogP contribution in [-0.4, -0.2) is 45.6 Å². The molecule has 29 heavy (non-hydrogen) atoms. The molecule has 2 heterocycles. The van der Waals surface area contributed by atoms with Crippen molar-refractivity contribution in [3.8, 4) is 0 Å². The predicted octanol–water partition coefficient (Wildman–Crippen LogP) is 3.86. The van der Waals surface area contributed by atoms with Crippen molar-refractivity contribution in [1.82, 2.24) is 15.1 Å². The van der Waals surface area contributed by atoms with Crippen molar-refractivity contribution in [2.24, 2.45) is 5.92 Å². The van der Waals surface area contributed by atoms with Gasteiger partial charge in [0.05, 0.1) is 11.3 Å². The van der Waals surface area contributed by atoms with Gasteiger partial charge in [0.1, 0.15) is 0 Å². The number of benzene rings is 1. The van der Waals surface area contributed by atoms with Gasteiger partial charge in [0.25, 0.3) is 5.22 Å². The third-order valence-electron chi connectivity index (χ3n) is 4.71. The van der Waals surface area contributed by atoms with E-state index in [1.54, 1.807) is 4.90 Å². The number of rotatable bonds is 6. The zero-order chi connectivity index (χ0) is 21.0. The molecule has 1 aromatic carbocycles. The summed E-state index contributed by atoms with van der Waals surface area (Å²) in [4.78, 5) is 26.8. The Morgan fingerprint density at radius 2 is 1.97 bits per heavy atom. The molecule has 1 saturated heterocycles. The van der Waals surface area contributed by atoms with Crippen LogP contribution in [0.2, 0.25) is 0 Å². The summed E-state index contributed by atoms with van der Waals surface area (Å²) in [5.41, 5.74) is -0.566. The molecule has 0 spiro atoms. The smallest absolute Gasteiger partial charge is 0.416 e. The lowest BCUT2D eigenvalue weighted by atomic mass is 9.89. The number of carbonyl (C=O) groups is 2. The molecule has 0 bridgehead atoms. The van der Waals surface area contributed by atoms with Crippen LogP contribution >= 0.6 is 11.8 Å². The number of aromatic nitrogens is 2. The first-order valence-corrected chi connectivity index (χ1v) is 10.2. The summed E-state index contributed by atoms with van der Waals surface area (Å²) in [6.07, 6.45) is -2.57. The number of nitrogens with zero attached hydrogens (tertiary/aromatic N) is 3. The highest BCUT2D eigenvalue weighted by atomic mass is 32.2. The Kier molecular flexibility index (Phi) is 6.61. The van der Waals surface area contributed by atoms with Crippen LogP contribution in [-0.2, 0) is 17.4 Å². The van der Waals surface area contributed by atoms with Crippen LogP contribution in [0.15, 0.2) is 33.9 Å². The van der Waals surface area contributed by atoms with Crippen LogP contribution in [0.3, 0.4) is 0 Å². The summed E-state index contributed by atoms with van der Waals surface area (Å²) >= 11 is 1.15. The van der Waals surface area contributed by atoms with Crippen LogP contribution < -0.4 is 0 Å². The van der Waals surface area contributed by atoms with Crippen LogP contribution in [0.1, 0.15) is 41.6 Å². The molecule has 2 aromatic rings. The summed E-state index contributed by atoms with van der Waals surface area (Å²) in [5, 5.41) is 8.01. The van der Waals surface area contributed by atoms with Gasteiger partial charge in [0.2, 0.25) is 11.8 Å². The number of hydrogen-bond acceptors (Lipinski definition) is 6. The van der Waals surface area contributed by atoms with E-state index in [0.717, 1.165) is 23.9 Å². The Morgan fingerprint density at radius 1 is 1.24 bits per heavy atom. The second kappa shape index (κ2) is 8.98. The summed E-state index contributed by atoms with van der Waals surface area (Å²) in [6, 6.07) is 4.21. The van der Waals surface area contributed by atoms with Crippen molar-refractivity contribution in [3.63, 3.8) is 0 Å². The predicted molar refractivity (Wildman–Crippen MR) is 99.5 cm³/mol. The summed E-state index contributed by atoms with van der Waals surface area (Å²) in [7, 11) is 0. The fourth-order valence-corrected chi connectivity index (χ4v) is 3.81. The van der Waals surface area contributed by atoms with E-state index < -0.39 is 17.7 Å². The summed E-state index contributed by atoms with van der Waals surface area (Å²) in [6.45, 7) is 2.68. The first kappa shape index (κ1) is 21.4. The van der Waals surface area contributed by atoms with Crippen molar-refractivity contribution in [1.29, 1.82) is 0 Å². The van der Waals surface area contributed by atoms with E-state index >= 15 is 0 Å². The molecule has 0 N–H and O–H groups in total. The van der Waals surface area contributed by atoms with Gasteiger partial charge >= 0.3 is 6.18 Å². The summed E-state index contributed by atoms with van der Waals surface area (Å²) in [5.74, 6) is -0.193. The number of aryl methyl sites for hydroxylation is 1. The lowest BCUT2D eigenvalue weighted by Crippen LogP contribution is -2.43. The van der Waals surface area contributed by atoms with Gasteiger partial charge in [0, 0.05) is 31.0 Å². The van der Waals surface area contributed by atoms with E-state index in [2.05, 4.69) is 10.2 Å². The molecular formula is C19H20F3N3O3S. The Hall–Kier alpha value is -2.36. The Bertz CT molecular complexity index is 868. The zero-order valence-electron chi connectivity index (χ0n) is 15.7. The van der Waals surface area contributed by atoms with Crippen LogP contribution in [0, 0.1) is 5.92 Å². The molecule has 3 rings (SSSR count). The third-order valence-corrected chi connectivity index (χ3v) is 5.51. The molecule has 1 atom stereocenters. The van der Waals surface area contributed by atoms with Crippen molar-refractivity contribution >= 4 is 23.5 Å². The Morgan fingerprint density at radius 3 is 2.59 bits per heavy atom. The number of halogens is 3. The minimum atomic E-state index is -4.44. The van der Waals surface area contributed by atoms with E-state index in [0.29, 0.717) is 36.9 Å². The average Bonchev–Trinajstić information content (AvgIpc) is 3.19. The first-order chi connectivity index (χ1) is 13.8. The van der Waals surface area contributed by atoms with Crippen molar-refractivity contribution in [3.05, 3.63) is 41.3 Å². The van der Waals surface area contributed by atoms with Gasteiger partial charge in [-0.05, 0) is 25.0 Å². The SMILES string of the molecule is CCc1nnc(SCC(=O)N2CCC[C@H](C(=O)c3ccc(C(F)(F)F)cc3)C2)o1. The lowest BCUT2D eigenvalue weighted by molar-refractivity contribution is -0.137. The standard InChI is InChI=1S/C19H20F3N3O3S/c1-2-15-23-24-18(28-15)29-11-16(26)25-9-3-4-13(10-25)17(27)12-5-7-14(8-6-12)19(20,21)22/h5-8,13H,2-4,9-11H2,1H3/t13-/m0/s1. The van der Waals surface area contributed by atoms with Gasteiger partial charge in [0.15, 0.2) is 5.78 Å². The van der Waals surface area contributed by atoms with Gasteiger partial charge in [-0.15, -0.1) is 10.2 Å². The molecular weight excluding hydrogens is 407 g/mol. The second-order valence-corrected chi connectivity index (χ2v) is 7.65. The van der Waals surface area contributed by atoms with Crippen molar-refractivity contribution in [2.75, 3.05) is 18.8 Å². The molecule has 1 aromatic heterocycles. The summed E-state index contributed by atoms with van der Waals surface area (Å²) < 4.78 is 43.4. The quantitative estimate of drug-likeness (QED) is 0.515. The van der Waals surface area contributed by atoms with Gasteiger partial charge in [-0.3, -0.25) is 9.59 Å². The minimum absolute atomic E-state index is 0.118. The highest BCUT2D eigenvalue weighted by molar-refractivity contribution is 7.99. The Labute approximate surface area is 169 Å². The van der Waals surface area contributed by atoms with Crippen LogP contribution in [0.4, 0.5) is 13.2 Å². The zero-order valence-corrected chi connectivity index (χ0v) is 16.6. The molecule has 0 radical (unpaired) electrons. The van der Waals surface area contributed by atoms with Crippen LogP contribution in [0.5, 0.6) is 0 Å².